The fourth-order valence-corrected chi connectivity index (χ4v) is 3.05. The van der Waals surface area contributed by atoms with E-state index in [9.17, 15) is 4.79 Å². The molecule has 0 unspecified atom stereocenters. The molecule has 1 amide bonds. The summed E-state index contributed by atoms with van der Waals surface area (Å²) in [6, 6.07) is 8.12. The molecule has 3 rings (SSSR count). The molecule has 5 heteroatoms. The predicted molar refractivity (Wildman–Crippen MR) is 85.7 cm³/mol. The first-order valence-electron chi connectivity index (χ1n) is 7.95. The van der Waals surface area contributed by atoms with Crippen LogP contribution in [0, 0.1) is 0 Å². The SMILES string of the molecule is CCc1nc2ccccc2n1CC(=O)N1C[C@H](C)OC[C@H]1C. The van der Waals surface area contributed by atoms with E-state index < -0.39 is 0 Å². The summed E-state index contributed by atoms with van der Waals surface area (Å²) >= 11 is 0. The number of imidazole rings is 1. The van der Waals surface area contributed by atoms with Crippen molar-refractivity contribution in [1.82, 2.24) is 14.5 Å². The quantitative estimate of drug-likeness (QED) is 0.873. The fourth-order valence-electron chi connectivity index (χ4n) is 3.05. The van der Waals surface area contributed by atoms with Gasteiger partial charge in [-0.05, 0) is 26.0 Å². The summed E-state index contributed by atoms with van der Waals surface area (Å²) in [5, 5.41) is 0. The molecule has 0 radical (unpaired) electrons. The van der Waals surface area contributed by atoms with Gasteiger partial charge in [0.1, 0.15) is 12.4 Å². The number of carbonyl (C=O) groups excluding carboxylic acids is 1. The molecular weight excluding hydrogens is 278 g/mol. The van der Waals surface area contributed by atoms with Crippen LogP contribution in [-0.2, 0) is 22.5 Å². The third kappa shape index (κ3) is 2.73. The third-order valence-corrected chi connectivity index (χ3v) is 4.27. The first kappa shape index (κ1) is 15.0. The number of fused-ring (bicyclic) bond motifs is 1. The van der Waals surface area contributed by atoms with Crippen LogP contribution in [0.2, 0.25) is 0 Å². The third-order valence-electron chi connectivity index (χ3n) is 4.27. The lowest BCUT2D eigenvalue weighted by atomic mass is 10.2. The number of amides is 1. The maximum Gasteiger partial charge on any atom is 0.242 e. The molecule has 2 aromatic rings. The topological polar surface area (TPSA) is 47.4 Å². The standard InChI is InChI=1S/C17H23N3O2/c1-4-16-18-14-7-5-6-8-15(14)20(16)10-17(21)19-9-13(3)22-11-12(19)2/h5-8,12-13H,4,9-11H2,1-3H3/t12-,13+/m1/s1. The lowest BCUT2D eigenvalue weighted by Crippen LogP contribution is -2.51. The highest BCUT2D eigenvalue weighted by Crippen LogP contribution is 2.18. The molecule has 1 aliphatic rings. The number of para-hydroxylation sites is 2. The lowest BCUT2D eigenvalue weighted by molar-refractivity contribution is -0.143. The van der Waals surface area contributed by atoms with Crippen LogP contribution in [0.3, 0.4) is 0 Å². The summed E-state index contributed by atoms with van der Waals surface area (Å²) in [5.74, 6) is 1.10. The Labute approximate surface area is 130 Å². The number of hydrogen-bond acceptors (Lipinski definition) is 3. The molecule has 118 valence electrons. The van der Waals surface area contributed by atoms with Gasteiger partial charge in [-0.15, -0.1) is 0 Å². The summed E-state index contributed by atoms with van der Waals surface area (Å²) < 4.78 is 7.65. The van der Waals surface area contributed by atoms with Crippen LogP contribution < -0.4 is 0 Å². The number of benzene rings is 1. The second-order valence-corrected chi connectivity index (χ2v) is 6.00. The number of nitrogens with zero attached hydrogens (tertiary/aromatic N) is 3. The van der Waals surface area contributed by atoms with Gasteiger partial charge in [-0.3, -0.25) is 4.79 Å². The van der Waals surface area contributed by atoms with Crippen molar-refractivity contribution in [1.29, 1.82) is 0 Å². The van der Waals surface area contributed by atoms with Crippen LogP contribution in [-0.4, -0.2) is 45.7 Å². The van der Waals surface area contributed by atoms with Gasteiger partial charge in [-0.25, -0.2) is 4.98 Å². The zero-order chi connectivity index (χ0) is 15.7. The Morgan fingerprint density at radius 1 is 1.36 bits per heavy atom. The van der Waals surface area contributed by atoms with Gasteiger partial charge < -0.3 is 14.2 Å². The number of morpholine rings is 1. The molecule has 0 N–H and O–H groups in total. The average molecular weight is 301 g/mol. The molecule has 0 saturated carbocycles. The van der Waals surface area contributed by atoms with Crippen LogP contribution in [0.25, 0.3) is 11.0 Å². The Morgan fingerprint density at radius 2 is 2.14 bits per heavy atom. The van der Waals surface area contributed by atoms with Gasteiger partial charge in [0.15, 0.2) is 0 Å². The van der Waals surface area contributed by atoms with E-state index in [1.54, 1.807) is 0 Å². The highest BCUT2D eigenvalue weighted by molar-refractivity contribution is 5.81. The maximum atomic E-state index is 12.8. The maximum absolute atomic E-state index is 12.8. The van der Waals surface area contributed by atoms with Crippen molar-refractivity contribution < 1.29 is 9.53 Å². The van der Waals surface area contributed by atoms with Crippen LogP contribution in [0.1, 0.15) is 26.6 Å². The van der Waals surface area contributed by atoms with Crippen molar-refractivity contribution in [3.63, 3.8) is 0 Å². The van der Waals surface area contributed by atoms with E-state index in [1.807, 2.05) is 47.6 Å². The van der Waals surface area contributed by atoms with E-state index in [2.05, 4.69) is 11.9 Å². The van der Waals surface area contributed by atoms with E-state index in [0.717, 1.165) is 23.3 Å². The van der Waals surface area contributed by atoms with Gasteiger partial charge in [-0.2, -0.15) is 0 Å². The van der Waals surface area contributed by atoms with Crippen LogP contribution in [0.4, 0.5) is 0 Å². The highest BCUT2D eigenvalue weighted by Gasteiger charge is 2.28. The van der Waals surface area contributed by atoms with Gasteiger partial charge in [0.2, 0.25) is 5.91 Å². The van der Waals surface area contributed by atoms with E-state index in [4.69, 9.17) is 4.74 Å². The Morgan fingerprint density at radius 3 is 2.91 bits per heavy atom. The highest BCUT2D eigenvalue weighted by atomic mass is 16.5. The molecule has 5 nitrogen and oxygen atoms in total. The summed E-state index contributed by atoms with van der Waals surface area (Å²) in [7, 11) is 0. The monoisotopic (exact) mass is 301 g/mol. The van der Waals surface area contributed by atoms with Crippen molar-refractivity contribution in [2.75, 3.05) is 13.2 Å². The minimum absolute atomic E-state index is 0.102. The van der Waals surface area contributed by atoms with Crippen molar-refractivity contribution >= 4 is 16.9 Å². The number of carbonyl (C=O) groups is 1. The normalized spacial score (nSPS) is 22.2. The summed E-state index contributed by atoms with van der Waals surface area (Å²) in [5.41, 5.74) is 1.98. The second kappa shape index (κ2) is 6.08. The molecule has 0 aliphatic carbocycles. The van der Waals surface area contributed by atoms with E-state index in [0.29, 0.717) is 19.7 Å². The van der Waals surface area contributed by atoms with Gasteiger partial charge in [0.25, 0.3) is 0 Å². The van der Waals surface area contributed by atoms with Gasteiger partial charge in [0, 0.05) is 13.0 Å². The van der Waals surface area contributed by atoms with Crippen molar-refractivity contribution in [3.05, 3.63) is 30.1 Å². The molecule has 1 fully saturated rings. The Balaban J connectivity index is 1.87. The van der Waals surface area contributed by atoms with Crippen LogP contribution >= 0.6 is 0 Å². The molecule has 22 heavy (non-hydrogen) atoms. The summed E-state index contributed by atoms with van der Waals surface area (Å²) in [6.45, 7) is 7.74. The summed E-state index contributed by atoms with van der Waals surface area (Å²) in [4.78, 5) is 19.3. The lowest BCUT2D eigenvalue weighted by Gasteiger charge is -2.37. The number of hydrogen-bond donors (Lipinski definition) is 0. The fraction of sp³-hybridized carbons (Fsp3) is 0.529. The molecule has 2 atom stereocenters. The Bertz CT molecular complexity index is 680. The number of aryl methyl sites for hydroxylation is 1. The zero-order valence-corrected chi connectivity index (χ0v) is 13.5. The van der Waals surface area contributed by atoms with E-state index in [1.165, 1.54) is 0 Å². The molecule has 0 spiro atoms. The van der Waals surface area contributed by atoms with Crippen molar-refractivity contribution in [3.8, 4) is 0 Å². The summed E-state index contributed by atoms with van der Waals surface area (Å²) in [6.07, 6.45) is 0.919. The van der Waals surface area contributed by atoms with Gasteiger partial charge in [-0.1, -0.05) is 19.1 Å². The average Bonchev–Trinajstić information content (AvgIpc) is 2.87. The molecule has 1 aliphatic heterocycles. The van der Waals surface area contributed by atoms with Gasteiger partial charge >= 0.3 is 0 Å². The molecular formula is C17H23N3O2. The number of ether oxygens (including phenoxy) is 1. The first-order valence-corrected chi connectivity index (χ1v) is 7.95. The molecule has 1 aromatic heterocycles. The largest absolute Gasteiger partial charge is 0.375 e. The zero-order valence-electron chi connectivity index (χ0n) is 13.5. The van der Waals surface area contributed by atoms with Crippen LogP contribution in [0.15, 0.2) is 24.3 Å². The molecule has 0 bridgehead atoms. The van der Waals surface area contributed by atoms with E-state index in [-0.39, 0.29) is 18.1 Å². The Hall–Kier alpha value is -1.88. The van der Waals surface area contributed by atoms with Gasteiger partial charge in [0.05, 0.1) is 29.8 Å². The molecule has 1 saturated heterocycles. The van der Waals surface area contributed by atoms with Crippen molar-refractivity contribution in [2.24, 2.45) is 0 Å². The smallest absolute Gasteiger partial charge is 0.242 e. The van der Waals surface area contributed by atoms with Crippen molar-refractivity contribution in [2.45, 2.75) is 45.9 Å². The van der Waals surface area contributed by atoms with Crippen LogP contribution in [0.5, 0.6) is 0 Å². The second-order valence-electron chi connectivity index (χ2n) is 6.00. The molecule has 2 heterocycles. The minimum Gasteiger partial charge on any atom is -0.375 e. The van der Waals surface area contributed by atoms with E-state index >= 15 is 0 Å². The predicted octanol–water partition coefficient (Wildman–Crippen LogP) is 2.23. The minimum atomic E-state index is 0.102. The number of rotatable bonds is 3. The molecule has 1 aromatic carbocycles. The Kier molecular flexibility index (Phi) is 4.16. The first-order chi connectivity index (χ1) is 10.6. The number of aromatic nitrogens is 2.